The van der Waals surface area contributed by atoms with Crippen LogP contribution in [0.4, 0.5) is 0 Å². The topological polar surface area (TPSA) is 58.2 Å². The Labute approximate surface area is 153 Å². The summed E-state index contributed by atoms with van der Waals surface area (Å²) < 4.78 is 0. The highest BCUT2D eigenvalue weighted by atomic mass is 35.5. The van der Waals surface area contributed by atoms with E-state index >= 15 is 0 Å². The van der Waals surface area contributed by atoms with Gasteiger partial charge in [-0.2, -0.15) is 0 Å². The SMILES string of the molecule is CC(C)c1ccc(CCNC(=O)CNC(=O)c2ccccc2Cl)cc1. The fourth-order valence-electron chi connectivity index (χ4n) is 2.38. The van der Waals surface area contributed by atoms with Gasteiger partial charge in [0.15, 0.2) is 0 Å². The molecule has 4 nitrogen and oxygen atoms in total. The maximum atomic E-state index is 12.0. The van der Waals surface area contributed by atoms with Crippen LogP contribution in [0, 0.1) is 0 Å². The number of benzene rings is 2. The Hall–Kier alpha value is -2.33. The summed E-state index contributed by atoms with van der Waals surface area (Å²) in [5, 5.41) is 5.74. The van der Waals surface area contributed by atoms with Crippen LogP contribution in [0.25, 0.3) is 0 Å². The number of carbonyl (C=O) groups excluding carboxylic acids is 2. The molecule has 0 saturated heterocycles. The molecule has 0 aliphatic rings. The van der Waals surface area contributed by atoms with E-state index in [9.17, 15) is 9.59 Å². The molecule has 0 aliphatic carbocycles. The highest BCUT2D eigenvalue weighted by molar-refractivity contribution is 6.33. The van der Waals surface area contributed by atoms with Crippen LogP contribution in [0.1, 0.15) is 41.3 Å². The largest absolute Gasteiger partial charge is 0.354 e. The van der Waals surface area contributed by atoms with Crippen molar-refractivity contribution in [3.8, 4) is 0 Å². The first-order valence-electron chi connectivity index (χ1n) is 8.35. The maximum absolute atomic E-state index is 12.0. The molecule has 132 valence electrons. The van der Waals surface area contributed by atoms with Crippen molar-refractivity contribution in [2.45, 2.75) is 26.2 Å². The molecule has 2 N–H and O–H groups in total. The second-order valence-electron chi connectivity index (χ2n) is 6.16. The molecular formula is C20H23ClN2O2. The zero-order valence-electron chi connectivity index (χ0n) is 14.5. The average molecular weight is 359 g/mol. The van der Waals surface area contributed by atoms with Crippen LogP contribution in [0.5, 0.6) is 0 Å². The second-order valence-corrected chi connectivity index (χ2v) is 6.57. The summed E-state index contributed by atoms with van der Waals surface area (Å²) in [6.45, 7) is 4.77. The lowest BCUT2D eigenvalue weighted by molar-refractivity contribution is -0.120. The number of hydrogen-bond acceptors (Lipinski definition) is 2. The third kappa shape index (κ3) is 5.91. The van der Waals surface area contributed by atoms with E-state index in [1.165, 1.54) is 11.1 Å². The Bertz CT molecular complexity index is 727. The van der Waals surface area contributed by atoms with Gasteiger partial charge in [-0.25, -0.2) is 0 Å². The van der Waals surface area contributed by atoms with Gasteiger partial charge in [0.1, 0.15) is 0 Å². The van der Waals surface area contributed by atoms with Crippen molar-refractivity contribution in [3.05, 3.63) is 70.2 Å². The lowest BCUT2D eigenvalue weighted by Gasteiger charge is -2.09. The Morgan fingerprint density at radius 3 is 2.32 bits per heavy atom. The number of rotatable bonds is 7. The fraction of sp³-hybridized carbons (Fsp3) is 0.300. The van der Waals surface area contributed by atoms with E-state index in [-0.39, 0.29) is 18.4 Å². The Kier molecular flexibility index (Phi) is 7.02. The molecule has 0 radical (unpaired) electrons. The van der Waals surface area contributed by atoms with E-state index in [2.05, 4.69) is 48.7 Å². The molecule has 0 fully saturated rings. The van der Waals surface area contributed by atoms with Crippen LogP contribution < -0.4 is 10.6 Å². The molecule has 25 heavy (non-hydrogen) atoms. The van der Waals surface area contributed by atoms with Gasteiger partial charge in [-0.1, -0.05) is 61.8 Å². The lowest BCUT2D eigenvalue weighted by atomic mass is 10.0. The first-order valence-corrected chi connectivity index (χ1v) is 8.73. The van der Waals surface area contributed by atoms with Crippen LogP contribution >= 0.6 is 11.6 Å². The van der Waals surface area contributed by atoms with Gasteiger partial charge in [0, 0.05) is 6.54 Å². The van der Waals surface area contributed by atoms with Gasteiger partial charge < -0.3 is 10.6 Å². The minimum absolute atomic E-state index is 0.0731. The normalized spacial score (nSPS) is 10.6. The van der Waals surface area contributed by atoms with E-state index in [4.69, 9.17) is 11.6 Å². The number of carbonyl (C=O) groups is 2. The van der Waals surface area contributed by atoms with E-state index in [0.717, 1.165) is 6.42 Å². The second kappa shape index (κ2) is 9.23. The van der Waals surface area contributed by atoms with Crippen molar-refractivity contribution >= 4 is 23.4 Å². The minimum Gasteiger partial charge on any atom is -0.354 e. The molecule has 5 heteroatoms. The molecule has 0 saturated carbocycles. The van der Waals surface area contributed by atoms with E-state index in [1.54, 1.807) is 24.3 Å². The van der Waals surface area contributed by atoms with Crippen molar-refractivity contribution in [2.24, 2.45) is 0 Å². The quantitative estimate of drug-likeness (QED) is 0.795. The number of amides is 2. The van der Waals surface area contributed by atoms with Gasteiger partial charge in [-0.15, -0.1) is 0 Å². The van der Waals surface area contributed by atoms with Crippen molar-refractivity contribution < 1.29 is 9.59 Å². The number of halogens is 1. The first-order chi connectivity index (χ1) is 12.0. The maximum Gasteiger partial charge on any atom is 0.253 e. The zero-order valence-corrected chi connectivity index (χ0v) is 15.3. The first kappa shape index (κ1) is 19.0. The zero-order chi connectivity index (χ0) is 18.2. The Morgan fingerprint density at radius 2 is 1.68 bits per heavy atom. The summed E-state index contributed by atoms with van der Waals surface area (Å²) in [6.07, 6.45) is 0.753. The third-order valence-corrected chi connectivity index (χ3v) is 4.24. The molecule has 0 aliphatic heterocycles. The van der Waals surface area contributed by atoms with E-state index in [1.807, 2.05) is 0 Å². The molecule has 0 atom stereocenters. The van der Waals surface area contributed by atoms with Crippen LogP contribution in [-0.2, 0) is 11.2 Å². The summed E-state index contributed by atoms with van der Waals surface area (Å²) in [4.78, 5) is 23.8. The van der Waals surface area contributed by atoms with Gasteiger partial charge in [-0.05, 0) is 35.6 Å². The summed E-state index contributed by atoms with van der Waals surface area (Å²) >= 11 is 5.96. The molecule has 2 rings (SSSR count). The van der Waals surface area contributed by atoms with Gasteiger partial charge >= 0.3 is 0 Å². The summed E-state index contributed by atoms with van der Waals surface area (Å²) in [6, 6.07) is 15.1. The molecule has 0 unspecified atom stereocenters. The highest BCUT2D eigenvalue weighted by Crippen LogP contribution is 2.15. The summed E-state index contributed by atoms with van der Waals surface area (Å²) in [5.41, 5.74) is 2.84. The van der Waals surface area contributed by atoms with Crippen LogP contribution in [-0.4, -0.2) is 24.9 Å². The van der Waals surface area contributed by atoms with E-state index in [0.29, 0.717) is 23.0 Å². The lowest BCUT2D eigenvalue weighted by Crippen LogP contribution is -2.37. The van der Waals surface area contributed by atoms with Gasteiger partial charge in [-0.3, -0.25) is 9.59 Å². The van der Waals surface area contributed by atoms with Crippen molar-refractivity contribution in [1.82, 2.24) is 10.6 Å². The smallest absolute Gasteiger partial charge is 0.253 e. The molecular weight excluding hydrogens is 336 g/mol. The van der Waals surface area contributed by atoms with Crippen LogP contribution in [0.2, 0.25) is 5.02 Å². The van der Waals surface area contributed by atoms with E-state index < -0.39 is 0 Å². The standard InChI is InChI=1S/C20H23ClN2O2/c1-14(2)16-9-7-15(8-10-16)11-12-22-19(24)13-23-20(25)17-5-3-4-6-18(17)21/h3-10,14H,11-13H2,1-2H3,(H,22,24)(H,23,25). The molecule has 0 heterocycles. The Morgan fingerprint density at radius 1 is 1.00 bits per heavy atom. The highest BCUT2D eigenvalue weighted by Gasteiger charge is 2.10. The average Bonchev–Trinajstić information content (AvgIpc) is 2.60. The predicted molar refractivity (Wildman–Crippen MR) is 101 cm³/mol. The Balaban J connectivity index is 1.72. The molecule has 2 amide bonds. The third-order valence-electron chi connectivity index (χ3n) is 3.91. The monoisotopic (exact) mass is 358 g/mol. The predicted octanol–water partition coefficient (Wildman–Crippen LogP) is 3.55. The summed E-state index contributed by atoms with van der Waals surface area (Å²) in [7, 11) is 0. The van der Waals surface area contributed by atoms with Crippen molar-refractivity contribution in [3.63, 3.8) is 0 Å². The summed E-state index contributed by atoms with van der Waals surface area (Å²) in [5.74, 6) is -0.0697. The molecule has 2 aromatic rings. The fourth-order valence-corrected chi connectivity index (χ4v) is 2.60. The van der Waals surface area contributed by atoms with Crippen molar-refractivity contribution in [1.29, 1.82) is 0 Å². The van der Waals surface area contributed by atoms with Gasteiger partial charge in [0.05, 0.1) is 17.1 Å². The molecule has 0 bridgehead atoms. The number of nitrogens with one attached hydrogen (secondary N) is 2. The van der Waals surface area contributed by atoms with Gasteiger partial charge in [0.2, 0.25) is 5.91 Å². The molecule has 0 spiro atoms. The molecule has 2 aromatic carbocycles. The minimum atomic E-state index is -0.356. The van der Waals surface area contributed by atoms with Crippen LogP contribution in [0.15, 0.2) is 48.5 Å². The van der Waals surface area contributed by atoms with Crippen molar-refractivity contribution in [2.75, 3.05) is 13.1 Å². The van der Waals surface area contributed by atoms with Crippen LogP contribution in [0.3, 0.4) is 0 Å². The molecule has 0 aromatic heterocycles. The van der Waals surface area contributed by atoms with Gasteiger partial charge in [0.25, 0.3) is 5.91 Å². The number of hydrogen-bond donors (Lipinski definition) is 2.